The lowest BCUT2D eigenvalue weighted by atomic mass is 10.3. The van der Waals surface area contributed by atoms with Gasteiger partial charge in [0.25, 0.3) is 0 Å². The molecular weight excluding hydrogens is 319 g/mol. The van der Waals surface area contributed by atoms with Gasteiger partial charge >= 0.3 is 0 Å². The highest BCUT2D eigenvalue weighted by Crippen LogP contribution is 2.39. The Bertz CT molecular complexity index is 934. The highest BCUT2D eigenvalue weighted by Gasteiger charge is 2.13. The number of nitrogens with zero attached hydrogens (tertiary/aromatic N) is 2. The molecule has 0 fully saturated rings. The van der Waals surface area contributed by atoms with Crippen molar-refractivity contribution in [3.05, 3.63) is 60.0 Å². The molecular formula is C16H9FN2OS2. The van der Waals surface area contributed by atoms with Crippen molar-refractivity contribution in [2.75, 3.05) is 0 Å². The number of halogens is 1. The van der Waals surface area contributed by atoms with Crippen molar-refractivity contribution in [1.29, 1.82) is 0 Å². The van der Waals surface area contributed by atoms with E-state index in [9.17, 15) is 4.39 Å². The van der Waals surface area contributed by atoms with E-state index in [0.717, 1.165) is 20.1 Å². The fourth-order valence-corrected chi connectivity index (χ4v) is 3.87. The molecule has 0 radical (unpaired) electrons. The van der Waals surface area contributed by atoms with Gasteiger partial charge in [-0.2, -0.15) is 0 Å². The molecule has 0 amide bonds. The minimum atomic E-state index is -0.385. The van der Waals surface area contributed by atoms with Crippen molar-refractivity contribution >= 4 is 32.9 Å². The largest absolute Gasteiger partial charge is 0.453 e. The predicted octanol–water partition coefficient (Wildman–Crippen LogP) is 5.35. The maximum absolute atomic E-state index is 13.8. The molecule has 0 N–H and O–H groups in total. The molecule has 0 bridgehead atoms. The average molecular weight is 328 g/mol. The van der Waals surface area contributed by atoms with Crippen LogP contribution in [0.1, 0.15) is 0 Å². The Morgan fingerprint density at radius 2 is 1.91 bits per heavy atom. The number of hydrogen-bond acceptors (Lipinski definition) is 5. The van der Waals surface area contributed by atoms with Crippen LogP contribution in [0.3, 0.4) is 0 Å². The molecule has 3 nitrogen and oxygen atoms in total. The lowest BCUT2D eigenvalue weighted by Crippen LogP contribution is -1.88. The van der Waals surface area contributed by atoms with E-state index in [4.69, 9.17) is 4.74 Å². The molecule has 3 aromatic heterocycles. The van der Waals surface area contributed by atoms with Crippen LogP contribution in [0.5, 0.6) is 11.5 Å². The van der Waals surface area contributed by atoms with Crippen LogP contribution >= 0.6 is 22.7 Å². The number of fused-ring (bicyclic) bond motifs is 1. The highest BCUT2D eigenvalue weighted by molar-refractivity contribution is 7.25. The first-order valence-electron chi connectivity index (χ1n) is 6.52. The fourth-order valence-electron chi connectivity index (χ4n) is 2.09. The van der Waals surface area contributed by atoms with Crippen molar-refractivity contribution in [3.8, 4) is 21.4 Å². The smallest absolute Gasteiger partial charge is 0.165 e. The van der Waals surface area contributed by atoms with Crippen LogP contribution in [-0.4, -0.2) is 9.97 Å². The van der Waals surface area contributed by atoms with E-state index in [-0.39, 0.29) is 11.6 Å². The van der Waals surface area contributed by atoms with Crippen LogP contribution < -0.4 is 4.74 Å². The molecule has 22 heavy (non-hydrogen) atoms. The maximum atomic E-state index is 13.8. The quantitative estimate of drug-likeness (QED) is 0.508. The van der Waals surface area contributed by atoms with Gasteiger partial charge in [-0.25, -0.2) is 9.37 Å². The van der Waals surface area contributed by atoms with Gasteiger partial charge in [0.2, 0.25) is 0 Å². The number of para-hydroxylation sites is 1. The fraction of sp³-hybridized carbons (Fsp3) is 0. The van der Waals surface area contributed by atoms with Crippen LogP contribution in [0, 0.1) is 5.82 Å². The van der Waals surface area contributed by atoms with E-state index >= 15 is 0 Å². The number of benzene rings is 1. The molecule has 108 valence electrons. The second-order valence-corrected chi connectivity index (χ2v) is 6.45. The van der Waals surface area contributed by atoms with Gasteiger partial charge in [-0.3, -0.25) is 4.98 Å². The summed E-state index contributed by atoms with van der Waals surface area (Å²) in [6.07, 6.45) is 3.44. The third-order valence-electron chi connectivity index (χ3n) is 3.08. The molecule has 3 heterocycles. The Balaban J connectivity index is 1.80. The van der Waals surface area contributed by atoms with E-state index in [0.29, 0.717) is 5.75 Å². The normalized spacial score (nSPS) is 11.0. The summed E-state index contributed by atoms with van der Waals surface area (Å²) in [4.78, 5) is 9.69. The van der Waals surface area contributed by atoms with Gasteiger partial charge in [-0.15, -0.1) is 22.7 Å². The summed E-state index contributed by atoms with van der Waals surface area (Å²) in [5, 5.41) is 2.88. The second-order valence-electron chi connectivity index (χ2n) is 4.50. The maximum Gasteiger partial charge on any atom is 0.165 e. The van der Waals surface area contributed by atoms with Crippen molar-refractivity contribution < 1.29 is 9.13 Å². The number of ether oxygens (including phenoxy) is 1. The van der Waals surface area contributed by atoms with E-state index in [1.165, 1.54) is 6.07 Å². The van der Waals surface area contributed by atoms with Crippen molar-refractivity contribution in [1.82, 2.24) is 9.97 Å². The molecule has 0 saturated heterocycles. The molecule has 4 rings (SSSR count). The standard InChI is InChI=1S/C16H9FN2OS2/c17-10-3-1-2-4-12(10)20-13-5-6-18-11-9-14(22-15(11)13)16-19-7-8-21-16/h1-9H. The molecule has 0 unspecified atom stereocenters. The van der Waals surface area contributed by atoms with E-state index < -0.39 is 0 Å². The SMILES string of the molecule is Fc1ccccc1Oc1ccnc2cc(-c3nccs3)sc12. The zero-order chi connectivity index (χ0) is 14.9. The van der Waals surface area contributed by atoms with Gasteiger partial charge in [0.05, 0.1) is 15.1 Å². The number of rotatable bonds is 3. The topological polar surface area (TPSA) is 35.0 Å². The van der Waals surface area contributed by atoms with Crippen molar-refractivity contribution in [2.45, 2.75) is 0 Å². The Hall–Kier alpha value is -2.31. The molecule has 0 spiro atoms. The molecule has 0 aliphatic rings. The predicted molar refractivity (Wildman–Crippen MR) is 87.2 cm³/mol. The highest BCUT2D eigenvalue weighted by atomic mass is 32.1. The van der Waals surface area contributed by atoms with Crippen LogP contribution in [0.15, 0.2) is 54.2 Å². The van der Waals surface area contributed by atoms with Crippen molar-refractivity contribution in [3.63, 3.8) is 0 Å². The summed E-state index contributed by atoms with van der Waals surface area (Å²) in [5.74, 6) is 0.422. The Morgan fingerprint density at radius 3 is 2.73 bits per heavy atom. The third-order valence-corrected chi connectivity index (χ3v) is 5.16. The average Bonchev–Trinajstić information content (AvgIpc) is 3.18. The zero-order valence-corrected chi connectivity index (χ0v) is 12.8. The van der Waals surface area contributed by atoms with Gasteiger partial charge in [0, 0.05) is 23.8 Å². The van der Waals surface area contributed by atoms with Gasteiger partial charge in [0.1, 0.15) is 10.8 Å². The third kappa shape index (κ3) is 2.36. The minimum Gasteiger partial charge on any atom is -0.453 e. The first kappa shape index (κ1) is 13.4. The van der Waals surface area contributed by atoms with Crippen LogP contribution in [0.4, 0.5) is 4.39 Å². The minimum absolute atomic E-state index is 0.208. The van der Waals surface area contributed by atoms with Crippen molar-refractivity contribution in [2.24, 2.45) is 0 Å². The number of thiophene rings is 1. The lowest BCUT2D eigenvalue weighted by Gasteiger charge is -2.06. The number of aromatic nitrogens is 2. The summed E-state index contributed by atoms with van der Waals surface area (Å²) in [6.45, 7) is 0. The molecule has 0 atom stereocenters. The van der Waals surface area contributed by atoms with E-state index in [2.05, 4.69) is 9.97 Å². The van der Waals surface area contributed by atoms with E-state index in [1.807, 2.05) is 11.4 Å². The van der Waals surface area contributed by atoms with Crippen LogP contribution in [-0.2, 0) is 0 Å². The number of pyridine rings is 1. The van der Waals surface area contributed by atoms with Gasteiger partial charge in [0.15, 0.2) is 11.6 Å². The van der Waals surface area contributed by atoms with Gasteiger partial charge in [-0.1, -0.05) is 12.1 Å². The van der Waals surface area contributed by atoms with Crippen LogP contribution in [0.25, 0.3) is 20.1 Å². The molecule has 6 heteroatoms. The number of hydrogen-bond donors (Lipinski definition) is 0. The summed E-state index contributed by atoms with van der Waals surface area (Å²) < 4.78 is 20.4. The zero-order valence-electron chi connectivity index (χ0n) is 11.2. The summed E-state index contributed by atoms with van der Waals surface area (Å²) in [7, 11) is 0. The first-order chi connectivity index (χ1) is 10.8. The Morgan fingerprint density at radius 1 is 1.00 bits per heavy atom. The number of thiazole rings is 1. The summed E-state index contributed by atoms with van der Waals surface area (Å²) >= 11 is 3.12. The Kier molecular flexibility index (Phi) is 3.32. The van der Waals surface area contributed by atoms with Gasteiger partial charge in [-0.05, 0) is 18.2 Å². The molecule has 1 aromatic carbocycles. The van der Waals surface area contributed by atoms with E-state index in [1.54, 1.807) is 59.3 Å². The molecule has 4 aromatic rings. The molecule has 0 aliphatic carbocycles. The van der Waals surface area contributed by atoms with Crippen LogP contribution in [0.2, 0.25) is 0 Å². The first-order valence-corrected chi connectivity index (χ1v) is 8.22. The summed E-state index contributed by atoms with van der Waals surface area (Å²) in [5.41, 5.74) is 0.823. The lowest BCUT2D eigenvalue weighted by molar-refractivity contribution is 0.447. The Labute approximate surface area is 133 Å². The molecule has 0 saturated carbocycles. The molecule has 0 aliphatic heterocycles. The monoisotopic (exact) mass is 328 g/mol. The van der Waals surface area contributed by atoms with Gasteiger partial charge < -0.3 is 4.74 Å². The summed E-state index contributed by atoms with van der Waals surface area (Å²) in [6, 6.07) is 10.1. The second kappa shape index (κ2) is 5.47.